The highest BCUT2D eigenvalue weighted by atomic mass is 32.2. The van der Waals surface area contributed by atoms with Gasteiger partial charge >= 0.3 is 0 Å². The quantitative estimate of drug-likeness (QED) is 0.738. The smallest absolute Gasteiger partial charge is 0.248 e. The molecule has 0 spiro atoms. The first-order chi connectivity index (χ1) is 8.99. The van der Waals surface area contributed by atoms with Gasteiger partial charge in [-0.25, -0.2) is 8.42 Å². The molecule has 1 aliphatic rings. The summed E-state index contributed by atoms with van der Waals surface area (Å²) >= 11 is 0. The van der Waals surface area contributed by atoms with Gasteiger partial charge < -0.3 is 11.1 Å². The first kappa shape index (κ1) is 13.8. The molecule has 0 aliphatic carbocycles. The average Bonchev–Trinajstić information content (AvgIpc) is 2.40. The highest BCUT2D eigenvalue weighted by Crippen LogP contribution is 2.17. The molecule has 104 valence electrons. The summed E-state index contributed by atoms with van der Waals surface area (Å²) in [6.07, 6.45) is 1.51. The Balaban J connectivity index is 2.09. The van der Waals surface area contributed by atoms with Crippen molar-refractivity contribution >= 4 is 21.6 Å². The zero-order valence-electron chi connectivity index (χ0n) is 10.4. The minimum absolute atomic E-state index is 0.349. The number of carbonyl (C=O) groups excluding carboxylic acids is 1. The van der Waals surface area contributed by atoms with Gasteiger partial charge in [0.1, 0.15) is 0 Å². The standard InChI is InChI=1S/C12H17N3O3S/c13-12(16)9-3-5-10(6-4-9)15-19(17,18)11-2-1-7-14-8-11/h3-6,11,14-15H,1-2,7-8H2,(H2,13,16). The molecule has 1 fully saturated rings. The van der Waals surface area contributed by atoms with E-state index in [0.717, 1.165) is 13.0 Å². The molecular formula is C12H17N3O3S. The second-order valence-corrected chi connectivity index (χ2v) is 6.52. The molecule has 1 atom stereocenters. The number of rotatable bonds is 4. The Morgan fingerprint density at radius 2 is 2.00 bits per heavy atom. The van der Waals surface area contributed by atoms with Crippen LogP contribution >= 0.6 is 0 Å². The van der Waals surface area contributed by atoms with E-state index < -0.39 is 21.2 Å². The van der Waals surface area contributed by atoms with Crippen molar-refractivity contribution in [1.82, 2.24) is 5.32 Å². The number of carbonyl (C=O) groups is 1. The lowest BCUT2D eigenvalue weighted by molar-refractivity contribution is 0.100. The van der Waals surface area contributed by atoms with E-state index in [2.05, 4.69) is 10.0 Å². The molecule has 0 saturated carbocycles. The largest absolute Gasteiger partial charge is 0.366 e. The molecular weight excluding hydrogens is 266 g/mol. The van der Waals surface area contributed by atoms with Crippen LogP contribution in [0.25, 0.3) is 0 Å². The summed E-state index contributed by atoms with van der Waals surface area (Å²) in [5, 5.41) is 2.65. The predicted octanol–water partition coefficient (Wildman–Crippen LogP) is 0.279. The van der Waals surface area contributed by atoms with E-state index in [-0.39, 0.29) is 0 Å². The Labute approximate surface area is 112 Å². The maximum atomic E-state index is 12.1. The first-order valence-electron chi connectivity index (χ1n) is 6.11. The van der Waals surface area contributed by atoms with E-state index in [1.807, 2.05) is 0 Å². The van der Waals surface area contributed by atoms with Crippen LogP contribution in [0.4, 0.5) is 5.69 Å². The lowest BCUT2D eigenvalue weighted by Crippen LogP contribution is -2.41. The van der Waals surface area contributed by atoms with Crippen LogP contribution < -0.4 is 15.8 Å². The highest BCUT2D eigenvalue weighted by Gasteiger charge is 2.26. The van der Waals surface area contributed by atoms with Crippen molar-refractivity contribution < 1.29 is 13.2 Å². The lowest BCUT2D eigenvalue weighted by atomic mass is 10.2. The Morgan fingerprint density at radius 3 is 2.53 bits per heavy atom. The van der Waals surface area contributed by atoms with Crippen molar-refractivity contribution in [3.8, 4) is 0 Å². The molecule has 6 nitrogen and oxygen atoms in total. The molecule has 1 aromatic carbocycles. The SMILES string of the molecule is NC(=O)c1ccc(NS(=O)(=O)C2CCCNC2)cc1. The van der Waals surface area contributed by atoms with Gasteiger partial charge in [0.15, 0.2) is 0 Å². The Bertz CT molecular complexity index is 548. The average molecular weight is 283 g/mol. The number of nitrogens with one attached hydrogen (secondary N) is 2. The fourth-order valence-electron chi connectivity index (χ4n) is 2.03. The third-order valence-electron chi connectivity index (χ3n) is 3.12. The fourth-order valence-corrected chi connectivity index (χ4v) is 3.48. The van der Waals surface area contributed by atoms with Gasteiger partial charge in [0.25, 0.3) is 0 Å². The number of anilines is 1. The van der Waals surface area contributed by atoms with Crippen LogP contribution in [0.1, 0.15) is 23.2 Å². The molecule has 1 saturated heterocycles. The van der Waals surface area contributed by atoms with Gasteiger partial charge in [-0.15, -0.1) is 0 Å². The van der Waals surface area contributed by atoms with Crippen LogP contribution in [0.2, 0.25) is 0 Å². The van der Waals surface area contributed by atoms with Crippen LogP contribution in [0.3, 0.4) is 0 Å². The van der Waals surface area contributed by atoms with Crippen LogP contribution in [-0.2, 0) is 10.0 Å². The molecule has 4 N–H and O–H groups in total. The molecule has 0 bridgehead atoms. The lowest BCUT2D eigenvalue weighted by Gasteiger charge is -2.23. The fraction of sp³-hybridized carbons (Fsp3) is 0.417. The number of primary amides is 1. The van der Waals surface area contributed by atoms with E-state index in [0.29, 0.717) is 24.2 Å². The third kappa shape index (κ3) is 3.45. The second kappa shape index (κ2) is 5.58. The summed E-state index contributed by atoms with van der Waals surface area (Å²) < 4.78 is 26.8. The molecule has 1 aliphatic heterocycles. The zero-order chi connectivity index (χ0) is 13.9. The predicted molar refractivity (Wildman–Crippen MR) is 73.4 cm³/mol. The Hall–Kier alpha value is -1.60. The molecule has 2 rings (SSSR count). The van der Waals surface area contributed by atoms with Gasteiger partial charge in [-0.05, 0) is 43.7 Å². The molecule has 0 aromatic heterocycles. The van der Waals surface area contributed by atoms with E-state index >= 15 is 0 Å². The topological polar surface area (TPSA) is 101 Å². The minimum atomic E-state index is -3.40. The molecule has 1 unspecified atom stereocenters. The molecule has 7 heteroatoms. The van der Waals surface area contributed by atoms with Crippen molar-refractivity contribution in [3.05, 3.63) is 29.8 Å². The van der Waals surface area contributed by atoms with E-state index in [9.17, 15) is 13.2 Å². The number of nitrogens with two attached hydrogens (primary N) is 1. The first-order valence-corrected chi connectivity index (χ1v) is 7.66. The van der Waals surface area contributed by atoms with Crippen molar-refractivity contribution in [3.63, 3.8) is 0 Å². The summed E-state index contributed by atoms with van der Waals surface area (Å²) in [6.45, 7) is 1.33. The summed E-state index contributed by atoms with van der Waals surface area (Å²) in [7, 11) is -3.40. The number of piperidine rings is 1. The van der Waals surface area contributed by atoms with Gasteiger partial charge in [0.2, 0.25) is 15.9 Å². The third-order valence-corrected chi connectivity index (χ3v) is 4.92. The van der Waals surface area contributed by atoms with Gasteiger partial charge in [-0.1, -0.05) is 0 Å². The number of sulfonamides is 1. The summed E-state index contributed by atoms with van der Waals surface area (Å²) in [5.74, 6) is -0.536. The van der Waals surface area contributed by atoms with Crippen LogP contribution in [0.15, 0.2) is 24.3 Å². The van der Waals surface area contributed by atoms with Crippen LogP contribution in [0, 0.1) is 0 Å². The Kier molecular flexibility index (Phi) is 4.06. The van der Waals surface area contributed by atoms with E-state index in [4.69, 9.17) is 5.73 Å². The highest BCUT2D eigenvalue weighted by molar-refractivity contribution is 7.93. The van der Waals surface area contributed by atoms with E-state index in [1.165, 1.54) is 24.3 Å². The zero-order valence-corrected chi connectivity index (χ0v) is 11.2. The minimum Gasteiger partial charge on any atom is -0.366 e. The molecule has 1 aromatic rings. The van der Waals surface area contributed by atoms with Gasteiger partial charge in [0, 0.05) is 17.8 Å². The van der Waals surface area contributed by atoms with Crippen molar-refractivity contribution in [1.29, 1.82) is 0 Å². The second-order valence-electron chi connectivity index (χ2n) is 4.56. The van der Waals surface area contributed by atoms with Crippen LogP contribution in [0.5, 0.6) is 0 Å². The molecule has 1 amide bonds. The number of amides is 1. The normalized spacial score (nSPS) is 19.9. The number of hydrogen-bond acceptors (Lipinski definition) is 4. The van der Waals surface area contributed by atoms with Crippen molar-refractivity contribution in [2.24, 2.45) is 5.73 Å². The van der Waals surface area contributed by atoms with Crippen molar-refractivity contribution in [2.45, 2.75) is 18.1 Å². The van der Waals surface area contributed by atoms with Gasteiger partial charge in [-0.2, -0.15) is 0 Å². The monoisotopic (exact) mass is 283 g/mol. The number of benzene rings is 1. The number of hydrogen-bond donors (Lipinski definition) is 3. The van der Waals surface area contributed by atoms with Crippen molar-refractivity contribution in [2.75, 3.05) is 17.8 Å². The molecule has 19 heavy (non-hydrogen) atoms. The van der Waals surface area contributed by atoms with E-state index in [1.54, 1.807) is 0 Å². The molecule has 0 radical (unpaired) electrons. The summed E-state index contributed by atoms with van der Waals surface area (Å²) in [4.78, 5) is 10.9. The maximum absolute atomic E-state index is 12.1. The summed E-state index contributed by atoms with van der Waals surface area (Å²) in [6, 6.07) is 6.07. The summed E-state index contributed by atoms with van der Waals surface area (Å²) in [5.41, 5.74) is 5.91. The molecule has 1 heterocycles. The van der Waals surface area contributed by atoms with Crippen LogP contribution in [-0.4, -0.2) is 32.7 Å². The maximum Gasteiger partial charge on any atom is 0.248 e. The van der Waals surface area contributed by atoms with Gasteiger partial charge in [-0.3, -0.25) is 9.52 Å². The Morgan fingerprint density at radius 1 is 1.32 bits per heavy atom. The van der Waals surface area contributed by atoms with Gasteiger partial charge in [0.05, 0.1) is 5.25 Å².